The molecule has 56 valence electrons. The van der Waals surface area contributed by atoms with E-state index in [0.717, 1.165) is 0 Å². The third-order valence-corrected chi connectivity index (χ3v) is 0. The van der Waals surface area contributed by atoms with Crippen LogP contribution in [0, 0.1) is 0 Å². The van der Waals surface area contributed by atoms with Gasteiger partial charge in [0.15, 0.2) is 0 Å². The minimum absolute atomic E-state index is 0. The van der Waals surface area contributed by atoms with E-state index in [-0.39, 0.29) is 131 Å². The van der Waals surface area contributed by atoms with Crippen LogP contribution in [0.1, 0.15) is 0 Å². The summed E-state index contributed by atoms with van der Waals surface area (Å²) in [6.45, 7) is 0. The van der Waals surface area contributed by atoms with Crippen molar-refractivity contribution in [2.75, 3.05) is 0 Å². The molecule has 0 saturated heterocycles. The van der Waals surface area contributed by atoms with E-state index < -0.39 is 0 Å². The molecule has 0 N–H and O–H groups in total. The van der Waals surface area contributed by atoms with Crippen molar-refractivity contribution in [1.82, 2.24) is 0 Å². The Kier molecular flexibility index (Phi) is 6200. The van der Waals surface area contributed by atoms with Crippen molar-refractivity contribution in [1.29, 1.82) is 0 Å². The molecule has 0 saturated carbocycles. The molecule has 7 nitrogen and oxygen atoms in total. The molecule has 0 radical (unpaired) electrons. The predicted octanol–water partition coefficient (Wildman–Crippen LogP) is -0.842. The Hall–Kier alpha value is 2.76. The van der Waals surface area contributed by atoms with E-state index in [4.69, 9.17) is 0 Å². The van der Waals surface area contributed by atoms with Crippen LogP contribution in [-0.2, 0) is 131 Å². The van der Waals surface area contributed by atoms with Crippen LogP contribution >= 0.6 is 0 Å². The van der Waals surface area contributed by atoms with Crippen molar-refractivity contribution in [3.05, 3.63) is 0 Å². The number of hydrogen-bond donors (Lipinski definition) is 0. The van der Waals surface area contributed by atoms with Crippen LogP contribution in [0.4, 0.5) is 0 Å². The van der Waals surface area contributed by atoms with Crippen molar-refractivity contribution in [2.45, 2.75) is 0 Å². The standard InChI is InChI=1S/2Hg.7O.2V/q2*+2;7*-2;2*+5. The zero-order chi connectivity index (χ0) is 0. The smallest absolute Gasteiger partial charge is 2.00 e. The Morgan fingerprint density at radius 3 is 0.273 bits per heavy atom. The van der Waals surface area contributed by atoms with Gasteiger partial charge >= 0.3 is 92.4 Å². The van der Waals surface area contributed by atoms with Crippen LogP contribution in [0.5, 0.6) is 0 Å². The SMILES string of the molecule is [Hg+2].[Hg+2].[O-2].[O-2].[O-2].[O-2].[O-2].[O-2].[O-2].[V+5].[V+5]. The summed E-state index contributed by atoms with van der Waals surface area (Å²) in [5.41, 5.74) is 0. The maximum absolute atomic E-state index is 0. The van der Waals surface area contributed by atoms with Gasteiger partial charge in [0.1, 0.15) is 0 Å². The molecule has 0 aromatic rings. The summed E-state index contributed by atoms with van der Waals surface area (Å²) in [4.78, 5) is 0. The normalized spacial score (nSPS) is 0. The fourth-order valence-corrected chi connectivity index (χ4v) is 0. The average molecular weight is 615 g/mol. The van der Waals surface area contributed by atoms with E-state index in [0.29, 0.717) is 0 Å². The molecule has 0 spiro atoms. The Bertz CT molecular complexity index is 14.4. The molecule has 11 heteroatoms. The molecule has 0 heterocycles. The van der Waals surface area contributed by atoms with Crippen molar-refractivity contribution in [3.8, 4) is 0 Å². The predicted molar refractivity (Wildman–Crippen MR) is 4.81 cm³/mol. The van der Waals surface area contributed by atoms with Gasteiger partial charge in [0, 0.05) is 0 Å². The zero-order valence-corrected chi connectivity index (χ0v) is 19.0. The van der Waals surface area contributed by atoms with Gasteiger partial charge in [-0.25, -0.2) is 0 Å². The molecule has 0 rings (SSSR count). The summed E-state index contributed by atoms with van der Waals surface area (Å²) in [5, 5.41) is 0. The Balaban J connectivity index is 0. The molecular weight excluding hydrogens is 615 g/mol. The quantitative estimate of drug-likeness (QED) is 0.307. The molecule has 0 amide bonds. The molecule has 0 aliphatic carbocycles. The van der Waals surface area contributed by atoms with E-state index in [1.54, 1.807) is 0 Å². The van der Waals surface area contributed by atoms with Crippen molar-refractivity contribution in [3.63, 3.8) is 0 Å². The minimum Gasteiger partial charge on any atom is -2.00 e. The van der Waals surface area contributed by atoms with Gasteiger partial charge in [-0.2, -0.15) is 0 Å². The van der Waals surface area contributed by atoms with Gasteiger partial charge in [-0.05, 0) is 0 Å². The van der Waals surface area contributed by atoms with Crippen LogP contribution in [0.25, 0.3) is 0 Å². The van der Waals surface area contributed by atoms with E-state index in [1.165, 1.54) is 0 Å². The maximum Gasteiger partial charge on any atom is 5.00 e. The van der Waals surface area contributed by atoms with Crippen molar-refractivity contribution < 1.29 is 131 Å². The van der Waals surface area contributed by atoms with Gasteiger partial charge in [-0.3, -0.25) is 0 Å². The first-order chi connectivity index (χ1) is 0. The summed E-state index contributed by atoms with van der Waals surface area (Å²) < 4.78 is 0. The molecule has 0 aliphatic rings. The van der Waals surface area contributed by atoms with Gasteiger partial charge in [-0.15, -0.1) is 0 Å². The molecular formula is Hg2O7V2. The summed E-state index contributed by atoms with van der Waals surface area (Å²) in [7, 11) is 0. The fourth-order valence-electron chi connectivity index (χ4n) is 0. The molecule has 0 aromatic carbocycles. The van der Waals surface area contributed by atoms with Gasteiger partial charge < -0.3 is 38.3 Å². The first-order valence-electron chi connectivity index (χ1n) is 0. The monoisotopic (exact) mass is 618 g/mol. The largest absolute Gasteiger partial charge is 5.00 e. The van der Waals surface area contributed by atoms with E-state index in [1.807, 2.05) is 0 Å². The van der Waals surface area contributed by atoms with Crippen LogP contribution in [0.2, 0.25) is 0 Å². The Morgan fingerprint density at radius 2 is 0.273 bits per heavy atom. The second-order valence-corrected chi connectivity index (χ2v) is 0. The molecule has 0 aliphatic heterocycles. The molecule has 0 bridgehead atoms. The number of hydrogen-bond acceptors (Lipinski definition) is 0. The van der Waals surface area contributed by atoms with Crippen molar-refractivity contribution >= 4 is 0 Å². The van der Waals surface area contributed by atoms with Crippen molar-refractivity contribution in [2.24, 2.45) is 0 Å². The topological polar surface area (TPSA) is 200 Å². The van der Waals surface area contributed by atoms with Gasteiger partial charge in [0.05, 0.1) is 0 Å². The van der Waals surface area contributed by atoms with Crippen LogP contribution < -0.4 is 0 Å². The Morgan fingerprint density at radius 1 is 0.273 bits per heavy atom. The van der Waals surface area contributed by atoms with Gasteiger partial charge in [0.2, 0.25) is 0 Å². The summed E-state index contributed by atoms with van der Waals surface area (Å²) in [5.74, 6) is 0. The zero-order valence-electron chi connectivity index (χ0n) is 5.17. The second-order valence-electron chi connectivity index (χ2n) is 0. The number of rotatable bonds is 0. The molecule has 0 unspecified atom stereocenters. The Labute approximate surface area is 129 Å². The van der Waals surface area contributed by atoms with E-state index in [2.05, 4.69) is 0 Å². The summed E-state index contributed by atoms with van der Waals surface area (Å²) in [6.07, 6.45) is 0. The van der Waals surface area contributed by atoms with Gasteiger partial charge in [-0.1, -0.05) is 0 Å². The third kappa shape index (κ3) is 194. The second kappa shape index (κ2) is 232. The maximum atomic E-state index is 0. The van der Waals surface area contributed by atoms with E-state index in [9.17, 15) is 0 Å². The average Bonchev–Trinajstić information content (AvgIpc) is 0. The first kappa shape index (κ1) is 294. The van der Waals surface area contributed by atoms with Gasteiger partial charge in [0.25, 0.3) is 0 Å². The van der Waals surface area contributed by atoms with Crippen LogP contribution in [0.3, 0.4) is 0 Å². The van der Waals surface area contributed by atoms with E-state index >= 15 is 0 Å². The van der Waals surface area contributed by atoms with Crippen LogP contribution in [-0.4, -0.2) is 0 Å². The molecule has 11 heavy (non-hydrogen) atoms. The molecule has 0 aromatic heterocycles. The molecule has 0 atom stereocenters. The fraction of sp³-hybridized carbons (Fsp3) is 0. The molecule has 0 fully saturated rings. The summed E-state index contributed by atoms with van der Waals surface area (Å²) >= 11 is 0. The third-order valence-electron chi connectivity index (χ3n) is 0. The minimum atomic E-state index is 0. The first-order valence-corrected chi connectivity index (χ1v) is 0. The summed E-state index contributed by atoms with van der Waals surface area (Å²) in [6, 6.07) is 0. The van der Waals surface area contributed by atoms with Crippen LogP contribution in [0.15, 0.2) is 0 Å².